The van der Waals surface area contributed by atoms with Gasteiger partial charge in [0.15, 0.2) is 0 Å². The molecule has 0 heterocycles. The number of aryl methyl sites for hydroxylation is 2. The topological polar surface area (TPSA) is 54.1 Å². The molecule has 0 saturated heterocycles. The maximum Gasteiger partial charge on any atom is 0.0991 e. The number of anilines is 5. The monoisotopic (exact) mass is 616 g/mol. The molecule has 48 heavy (non-hydrogen) atoms. The van der Waals surface area contributed by atoms with Crippen molar-refractivity contribution in [2.24, 2.45) is 0 Å². The summed E-state index contributed by atoms with van der Waals surface area (Å²) in [5.74, 6) is 0.135. The second kappa shape index (κ2) is 11.8. The number of nitrogens with zero attached hydrogens (tertiary/aromatic N) is 4. The zero-order chi connectivity index (χ0) is 32.8. The van der Waals surface area contributed by atoms with Crippen molar-refractivity contribution >= 4 is 51.4 Å². The summed E-state index contributed by atoms with van der Waals surface area (Å²) >= 11 is 0. The van der Waals surface area contributed by atoms with Crippen molar-refractivity contribution in [1.29, 1.82) is 10.5 Å². The van der Waals surface area contributed by atoms with E-state index in [1.165, 1.54) is 43.6 Å². The molecule has 1 unspecified atom stereocenters. The quantitative estimate of drug-likeness (QED) is 0.187. The minimum absolute atomic E-state index is 0.135. The largest absolute Gasteiger partial charge is 0.314 e. The minimum atomic E-state index is 0.135. The highest BCUT2D eigenvalue weighted by atomic mass is 15.2. The molecule has 0 aliphatic heterocycles. The van der Waals surface area contributed by atoms with Crippen LogP contribution in [0.25, 0.3) is 22.9 Å². The lowest BCUT2D eigenvalue weighted by Crippen LogP contribution is -2.31. The summed E-state index contributed by atoms with van der Waals surface area (Å²) in [6.07, 6.45) is 7.80. The fourth-order valence-electron chi connectivity index (χ4n) is 7.17. The van der Waals surface area contributed by atoms with Crippen molar-refractivity contribution in [3.8, 4) is 12.1 Å². The fourth-order valence-corrected chi connectivity index (χ4v) is 7.17. The van der Waals surface area contributed by atoms with Gasteiger partial charge >= 0.3 is 0 Å². The molecule has 2 aliphatic rings. The van der Waals surface area contributed by atoms with Crippen LogP contribution in [0.4, 0.5) is 28.4 Å². The van der Waals surface area contributed by atoms with Gasteiger partial charge in [0, 0.05) is 39.8 Å². The Hall–Kier alpha value is -6.36. The lowest BCUT2D eigenvalue weighted by molar-refractivity contribution is 0.793. The first-order valence-corrected chi connectivity index (χ1v) is 16.2. The average Bonchev–Trinajstić information content (AvgIpc) is 3.14. The van der Waals surface area contributed by atoms with Crippen molar-refractivity contribution in [3.05, 3.63) is 171 Å². The van der Waals surface area contributed by atoms with Crippen molar-refractivity contribution in [2.75, 3.05) is 9.80 Å². The minimum Gasteiger partial charge on any atom is -0.314 e. The van der Waals surface area contributed by atoms with E-state index in [4.69, 9.17) is 0 Å². The molecule has 0 aromatic heterocycles. The predicted octanol–water partition coefficient (Wildman–Crippen LogP) is 9.45. The van der Waals surface area contributed by atoms with E-state index in [1.807, 2.05) is 48.5 Å². The van der Waals surface area contributed by atoms with Crippen molar-refractivity contribution in [1.82, 2.24) is 0 Å². The second-order valence-electron chi connectivity index (χ2n) is 12.6. The molecule has 0 saturated carbocycles. The van der Waals surface area contributed by atoms with Gasteiger partial charge < -0.3 is 9.80 Å². The van der Waals surface area contributed by atoms with Crippen LogP contribution in [0.5, 0.6) is 0 Å². The van der Waals surface area contributed by atoms with Crippen molar-refractivity contribution < 1.29 is 0 Å². The van der Waals surface area contributed by atoms with Gasteiger partial charge in [0.25, 0.3) is 0 Å². The number of nitriles is 2. The van der Waals surface area contributed by atoms with E-state index < -0.39 is 0 Å². The highest BCUT2D eigenvalue weighted by Gasteiger charge is 2.31. The summed E-state index contributed by atoms with van der Waals surface area (Å²) in [6, 6.07) is 46.6. The van der Waals surface area contributed by atoms with Crippen LogP contribution in [0.3, 0.4) is 0 Å². The van der Waals surface area contributed by atoms with Gasteiger partial charge in [-0.05, 0) is 127 Å². The molecule has 4 heteroatoms. The van der Waals surface area contributed by atoms with Gasteiger partial charge in [-0.3, -0.25) is 0 Å². The number of hydrogen-bond acceptors (Lipinski definition) is 4. The lowest BCUT2D eigenvalue weighted by Gasteiger charge is -2.36. The van der Waals surface area contributed by atoms with Crippen LogP contribution in [0.2, 0.25) is 0 Å². The van der Waals surface area contributed by atoms with E-state index in [0.29, 0.717) is 11.1 Å². The number of rotatable bonds is 6. The zero-order valence-corrected chi connectivity index (χ0v) is 26.9. The van der Waals surface area contributed by atoms with Crippen LogP contribution < -0.4 is 20.2 Å². The van der Waals surface area contributed by atoms with Crippen LogP contribution in [-0.4, -0.2) is 0 Å². The maximum atomic E-state index is 9.50. The van der Waals surface area contributed by atoms with Gasteiger partial charge in [-0.2, -0.15) is 10.5 Å². The Morgan fingerprint density at radius 3 is 1.58 bits per heavy atom. The molecule has 0 N–H and O–H groups in total. The van der Waals surface area contributed by atoms with E-state index in [0.717, 1.165) is 34.9 Å². The highest BCUT2D eigenvalue weighted by Crippen LogP contribution is 2.45. The molecule has 0 spiro atoms. The number of allylic oxidation sites excluding steroid dienone is 2. The molecule has 0 bridgehead atoms. The third-order valence-corrected chi connectivity index (χ3v) is 9.57. The van der Waals surface area contributed by atoms with Crippen LogP contribution in [0.1, 0.15) is 40.2 Å². The summed E-state index contributed by atoms with van der Waals surface area (Å²) < 4.78 is 0. The van der Waals surface area contributed by atoms with Crippen LogP contribution in [0, 0.1) is 36.5 Å². The fraction of sp³-hybridized carbons (Fsp3) is 0.0909. The Morgan fingerprint density at radius 2 is 1.04 bits per heavy atom. The Morgan fingerprint density at radius 1 is 0.542 bits per heavy atom. The first-order valence-electron chi connectivity index (χ1n) is 16.2. The SMILES string of the molecule is Cc1ccc(N(C2=CC=c3ccc4c(N(c5ccc(C)cc5)c5ccc(C#N)cc5)ccc5c4c3C2CC=5)c2ccc(C#N)cc2)cc1. The number of hydrogen-bond donors (Lipinski definition) is 0. The van der Waals surface area contributed by atoms with Gasteiger partial charge in [-0.1, -0.05) is 65.7 Å². The molecule has 6 aromatic carbocycles. The average molecular weight is 617 g/mol. The predicted molar refractivity (Wildman–Crippen MR) is 196 cm³/mol. The smallest absolute Gasteiger partial charge is 0.0991 e. The molecule has 4 nitrogen and oxygen atoms in total. The van der Waals surface area contributed by atoms with E-state index >= 15 is 0 Å². The first kappa shape index (κ1) is 29.1. The molecule has 8 rings (SSSR count). The molecule has 0 radical (unpaired) electrons. The summed E-state index contributed by atoms with van der Waals surface area (Å²) in [4.78, 5) is 4.65. The molecular formula is C44H32N4. The summed E-state index contributed by atoms with van der Waals surface area (Å²) in [5.41, 5.74) is 11.5. The highest BCUT2D eigenvalue weighted by molar-refractivity contribution is 6.02. The standard InChI is InChI=1S/C44H32N4/c1-29-3-15-35(16-4-29)47(37-19-7-31(27-45)8-20-37)41-25-13-33-12-24-40-42(26-14-34-11-23-39(41)43(33)44(34)40)48(36-17-5-30(2)6-18-36)38-21-9-32(28-46)10-22-38/h3-23,25-26,40H,24H2,1-2H3. The van der Waals surface area contributed by atoms with Crippen LogP contribution >= 0.6 is 0 Å². The van der Waals surface area contributed by atoms with E-state index in [1.54, 1.807) is 0 Å². The summed E-state index contributed by atoms with van der Waals surface area (Å²) in [6.45, 7) is 4.21. The molecule has 2 aliphatic carbocycles. The Balaban J connectivity index is 1.32. The molecule has 0 fully saturated rings. The lowest BCUT2D eigenvalue weighted by atomic mass is 9.79. The van der Waals surface area contributed by atoms with Gasteiger partial charge in [0.05, 0.1) is 29.0 Å². The van der Waals surface area contributed by atoms with Gasteiger partial charge in [0.1, 0.15) is 0 Å². The van der Waals surface area contributed by atoms with E-state index in [9.17, 15) is 10.5 Å². The molecular weight excluding hydrogens is 585 g/mol. The van der Waals surface area contributed by atoms with E-state index in [2.05, 4.69) is 127 Å². The van der Waals surface area contributed by atoms with Gasteiger partial charge in [-0.15, -0.1) is 0 Å². The van der Waals surface area contributed by atoms with Crippen molar-refractivity contribution in [3.63, 3.8) is 0 Å². The van der Waals surface area contributed by atoms with Crippen LogP contribution in [-0.2, 0) is 0 Å². The Labute approximate surface area is 280 Å². The second-order valence-corrected chi connectivity index (χ2v) is 12.6. The Kier molecular flexibility index (Phi) is 7.13. The first-order chi connectivity index (χ1) is 23.5. The molecule has 6 aromatic rings. The third-order valence-electron chi connectivity index (χ3n) is 9.57. The zero-order valence-electron chi connectivity index (χ0n) is 26.9. The van der Waals surface area contributed by atoms with Gasteiger partial charge in [-0.25, -0.2) is 0 Å². The Bertz CT molecular complexity index is 2440. The summed E-state index contributed by atoms with van der Waals surface area (Å²) in [7, 11) is 0. The summed E-state index contributed by atoms with van der Waals surface area (Å²) in [5, 5.41) is 24.0. The van der Waals surface area contributed by atoms with Crippen molar-refractivity contribution in [2.45, 2.75) is 26.2 Å². The third kappa shape index (κ3) is 4.92. The maximum absolute atomic E-state index is 9.50. The van der Waals surface area contributed by atoms with E-state index in [-0.39, 0.29) is 5.92 Å². The van der Waals surface area contributed by atoms with Gasteiger partial charge in [0.2, 0.25) is 0 Å². The number of benzene rings is 6. The van der Waals surface area contributed by atoms with Crippen LogP contribution in [0.15, 0.2) is 133 Å². The normalized spacial score (nSPS) is 14.2. The molecule has 0 amide bonds. The molecule has 1 atom stereocenters. The molecule has 228 valence electrons.